The Balaban J connectivity index is 1.53. The van der Waals surface area contributed by atoms with Crippen molar-refractivity contribution in [3.8, 4) is 30.4 Å². The number of nitrogens with zero attached hydrogens (tertiary/aromatic N) is 1. The van der Waals surface area contributed by atoms with Crippen molar-refractivity contribution in [2.24, 2.45) is 23.7 Å². The molecule has 1 heterocycles. The van der Waals surface area contributed by atoms with Crippen LogP contribution in [0.1, 0.15) is 100 Å². The van der Waals surface area contributed by atoms with Gasteiger partial charge in [0.05, 0.1) is 36.8 Å². The minimum atomic E-state index is -0.618. The predicted octanol–water partition coefficient (Wildman–Crippen LogP) is 5.95. The number of aryl methyl sites for hydroxylation is 2. The summed E-state index contributed by atoms with van der Waals surface area (Å²) in [5.74, 6) is 2.73. The summed E-state index contributed by atoms with van der Waals surface area (Å²) in [4.78, 5) is 42.1. The summed E-state index contributed by atoms with van der Waals surface area (Å²) in [6, 6.07) is 10.0. The first-order valence-electron chi connectivity index (χ1n) is 18.6. The third-order valence-corrected chi connectivity index (χ3v) is 9.69. The Morgan fingerprint density at radius 1 is 0.925 bits per heavy atom. The molecule has 0 radical (unpaired) electrons. The maximum Gasteiger partial charge on any atom is 0.311 e. The fourth-order valence-electron chi connectivity index (χ4n) is 6.45. The number of rotatable bonds is 21. The lowest BCUT2D eigenvalue weighted by molar-refractivity contribution is -0.147. The molecule has 0 amide bonds. The SMILES string of the molecule is C#CC(C)CC(=O)OCc1cnc(C)c(OC(=O)CCC/C=C\C[C@@H]2[C@@H](CCC(O)CCc3ccccc3)[C@H](O)C[C@@H]2O)c1COC(=O)CC(C)C#C. The number of hydrogen-bond donors (Lipinski definition) is 3. The van der Waals surface area contributed by atoms with Gasteiger partial charge >= 0.3 is 17.9 Å². The van der Waals surface area contributed by atoms with Gasteiger partial charge in [-0.25, -0.2) is 0 Å². The summed E-state index contributed by atoms with van der Waals surface area (Å²) in [5, 5.41) is 31.9. The van der Waals surface area contributed by atoms with Crippen LogP contribution >= 0.6 is 0 Å². The summed E-state index contributed by atoms with van der Waals surface area (Å²) in [6.07, 6.45) is 19.3. The molecule has 0 aliphatic heterocycles. The number of terminal acetylenes is 2. The average molecular weight is 730 g/mol. The maximum atomic E-state index is 13.0. The third-order valence-electron chi connectivity index (χ3n) is 9.69. The summed E-state index contributed by atoms with van der Waals surface area (Å²) in [6.45, 7) is 4.69. The Kier molecular flexibility index (Phi) is 18.3. The Morgan fingerprint density at radius 3 is 2.23 bits per heavy atom. The molecule has 0 saturated heterocycles. The quantitative estimate of drug-likeness (QED) is 0.0609. The van der Waals surface area contributed by atoms with Crippen LogP contribution in [-0.2, 0) is 43.5 Å². The Hall–Kier alpha value is -4.48. The van der Waals surface area contributed by atoms with Gasteiger partial charge in [-0.1, -0.05) is 56.3 Å². The molecule has 286 valence electrons. The molecule has 1 aliphatic carbocycles. The van der Waals surface area contributed by atoms with Gasteiger partial charge in [0.1, 0.15) is 13.2 Å². The van der Waals surface area contributed by atoms with E-state index in [0.717, 1.165) is 6.42 Å². The summed E-state index contributed by atoms with van der Waals surface area (Å²) >= 11 is 0. The van der Waals surface area contributed by atoms with Crippen LogP contribution in [0, 0.1) is 55.3 Å². The van der Waals surface area contributed by atoms with E-state index in [0.29, 0.717) is 61.8 Å². The zero-order valence-electron chi connectivity index (χ0n) is 31.2. The lowest BCUT2D eigenvalue weighted by atomic mass is 9.85. The number of benzene rings is 1. The number of aliphatic hydroxyl groups excluding tert-OH is 3. The molecular weight excluding hydrogens is 674 g/mol. The van der Waals surface area contributed by atoms with Gasteiger partial charge in [0.25, 0.3) is 0 Å². The third kappa shape index (κ3) is 14.8. The molecule has 10 nitrogen and oxygen atoms in total. The number of ether oxygens (including phenoxy) is 3. The fraction of sp³-hybridized carbons (Fsp3) is 0.535. The number of hydrogen-bond acceptors (Lipinski definition) is 10. The first-order valence-corrected chi connectivity index (χ1v) is 18.6. The molecule has 0 spiro atoms. The largest absolute Gasteiger partial charge is 0.461 e. The topological polar surface area (TPSA) is 152 Å². The van der Waals surface area contributed by atoms with E-state index in [9.17, 15) is 29.7 Å². The predicted molar refractivity (Wildman–Crippen MR) is 201 cm³/mol. The van der Waals surface area contributed by atoms with Crippen LogP contribution in [0.4, 0.5) is 0 Å². The molecule has 53 heavy (non-hydrogen) atoms. The molecule has 2 aromatic rings. The molecule has 3 unspecified atom stereocenters. The number of allylic oxidation sites excluding steroid dienone is 2. The highest BCUT2D eigenvalue weighted by atomic mass is 16.5. The Morgan fingerprint density at radius 2 is 1.57 bits per heavy atom. The number of carbonyl (C=O) groups is 3. The van der Waals surface area contributed by atoms with Crippen molar-refractivity contribution < 1.29 is 43.9 Å². The summed E-state index contributed by atoms with van der Waals surface area (Å²) in [7, 11) is 0. The fourth-order valence-corrected chi connectivity index (χ4v) is 6.45. The summed E-state index contributed by atoms with van der Waals surface area (Å²) in [5.41, 5.74) is 2.35. The Bertz CT molecular complexity index is 1590. The van der Waals surface area contributed by atoms with Gasteiger partial charge in [-0.05, 0) is 75.7 Å². The molecular formula is C43H55NO9. The Labute approximate surface area is 314 Å². The average Bonchev–Trinajstić information content (AvgIpc) is 3.41. The second kappa shape index (κ2) is 22.6. The number of esters is 3. The molecule has 1 fully saturated rings. The summed E-state index contributed by atoms with van der Waals surface area (Å²) < 4.78 is 16.6. The highest BCUT2D eigenvalue weighted by Crippen LogP contribution is 2.38. The monoisotopic (exact) mass is 729 g/mol. The molecule has 3 N–H and O–H groups in total. The van der Waals surface area contributed by atoms with Crippen LogP contribution in [0.15, 0.2) is 48.7 Å². The van der Waals surface area contributed by atoms with E-state index in [1.165, 1.54) is 11.8 Å². The van der Waals surface area contributed by atoms with Gasteiger partial charge in [-0.3, -0.25) is 19.4 Å². The first-order chi connectivity index (χ1) is 25.4. The number of carbonyl (C=O) groups excluding carboxylic acids is 3. The van der Waals surface area contributed by atoms with Gasteiger partial charge in [-0.2, -0.15) is 0 Å². The lowest BCUT2D eigenvalue weighted by Crippen LogP contribution is -2.23. The van der Waals surface area contributed by atoms with Crippen molar-refractivity contribution in [1.29, 1.82) is 0 Å². The standard InChI is InChI=1S/C43H55NO9/c1-6-29(3)23-41(49)51-27-33-26-44-31(5)43(37(33)28-52-42(50)24-30(4)7-2)53-40(48)18-14-9-8-13-17-35-36(39(47)25-38(35)46)22-21-34(45)20-19-32-15-11-10-12-16-32/h1-2,8,10-13,15-16,26,29-30,34-36,38-39,45-47H,9,14,17-25,27-28H2,3-5H3/b13-8-/t29?,30?,34?,35-,36-,38+,39-/m1/s1. The number of aliphatic hydroxyl groups is 3. The zero-order valence-corrected chi connectivity index (χ0v) is 31.2. The van der Waals surface area contributed by atoms with Crippen molar-refractivity contribution >= 4 is 17.9 Å². The number of pyridine rings is 1. The van der Waals surface area contributed by atoms with Crippen LogP contribution in [0.3, 0.4) is 0 Å². The van der Waals surface area contributed by atoms with Crippen molar-refractivity contribution in [3.63, 3.8) is 0 Å². The minimum Gasteiger partial charge on any atom is -0.461 e. The van der Waals surface area contributed by atoms with Crippen LogP contribution < -0.4 is 4.74 Å². The second-order valence-electron chi connectivity index (χ2n) is 14.1. The van der Waals surface area contributed by atoms with Gasteiger partial charge in [0.2, 0.25) is 0 Å². The molecule has 7 atom stereocenters. The molecule has 10 heteroatoms. The van der Waals surface area contributed by atoms with E-state index in [4.69, 9.17) is 27.1 Å². The van der Waals surface area contributed by atoms with Crippen molar-refractivity contribution in [3.05, 3.63) is 71.1 Å². The van der Waals surface area contributed by atoms with E-state index >= 15 is 0 Å². The van der Waals surface area contributed by atoms with E-state index in [1.807, 2.05) is 42.5 Å². The molecule has 3 rings (SSSR count). The van der Waals surface area contributed by atoms with E-state index < -0.39 is 36.2 Å². The zero-order chi connectivity index (χ0) is 38.8. The van der Waals surface area contributed by atoms with Gasteiger partial charge in [0.15, 0.2) is 5.75 Å². The van der Waals surface area contributed by atoms with Crippen molar-refractivity contribution in [1.82, 2.24) is 4.98 Å². The van der Waals surface area contributed by atoms with Crippen molar-refractivity contribution in [2.45, 2.75) is 123 Å². The van der Waals surface area contributed by atoms with Crippen LogP contribution in [0.25, 0.3) is 0 Å². The van der Waals surface area contributed by atoms with Gasteiger partial charge in [-0.15, -0.1) is 24.7 Å². The maximum absolute atomic E-state index is 13.0. The number of aromatic nitrogens is 1. The van der Waals surface area contributed by atoms with Gasteiger partial charge < -0.3 is 29.5 Å². The van der Waals surface area contributed by atoms with E-state index in [2.05, 4.69) is 16.8 Å². The van der Waals surface area contributed by atoms with Gasteiger partial charge in [0, 0.05) is 35.6 Å². The van der Waals surface area contributed by atoms with E-state index in [1.54, 1.807) is 20.8 Å². The van der Waals surface area contributed by atoms with E-state index in [-0.39, 0.29) is 61.9 Å². The van der Waals surface area contributed by atoms with Crippen molar-refractivity contribution in [2.75, 3.05) is 0 Å². The molecule has 1 saturated carbocycles. The normalized spacial score (nSPS) is 19.8. The first kappa shape index (κ1) is 42.9. The smallest absolute Gasteiger partial charge is 0.311 e. The van der Waals surface area contributed by atoms with Crippen LogP contribution in [-0.4, -0.2) is 56.5 Å². The molecule has 1 aliphatic rings. The molecule has 1 aromatic carbocycles. The second-order valence-corrected chi connectivity index (χ2v) is 14.1. The number of unbranched alkanes of at least 4 members (excludes halogenated alkanes) is 1. The minimum absolute atomic E-state index is 0.0107. The molecule has 0 bridgehead atoms. The van der Waals surface area contributed by atoms with Crippen LogP contribution in [0.2, 0.25) is 0 Å². The van der Waals surface area contributed by atoms with Crippen LogP contribution in [0.5, 0.6) is 5.75 Å². The lowest BCUT2D eigenvalue weighted by Gasteiger charge is -2.23. The highest BCUT2D eigenvalue weighted by molar-refractivity contribution is 5.74. The highest BCUT2D eigenvalue weighted by Gasteiger charge is 2.40. The molecule has 1 aromatic heterocycles.